The van der Waals surface area contributed by atoms with Crippen LogP contribution < -0.4 is 5.32 Å². The van der Waals surface area contributed by atoms with E-state index in [9.17, 15) is 4.79 Å². The van der Waals surface area contributed by atoms with Crippen molar-refractivity contribution in [3.05, 3.63) is 51.9 Å². The molecule has 0 unspecified atom stereocenters. The van der Waals surface area contributed by atoms with Gasteiger partial charge in [0.2, 0.25) is 0 Å². The van der Waals surface area contributed by atoms with Crippen molar-refractivity contribution in [2.45, 2.75) is 5.88 Å². The maximum atomic E-state index is 12.7. The molecule has 0 aliphatic carbocycles. The van der Waals surface area contributed by atoms with Crippen LogP contribution >= 0.6 is 39.0 Å². The van der Waals surface area contributed by atoms with Gasteiger partial charge in [0.15, 0.2) is 5.69 Å². The van der Waals surface area contributed by atoms with Crippen molar-refractivity contribution in [2.75, 3.05) is 11.6 Å². The Labute approximate surface area is 150 Å². The summed E-state index contributed by atoms with van der Waals surface area (Å²) in [5.41, 5.74) is 1.82. The molecule has 2 heterocycles. The topological polar surface area (TPSA) is 59.8 Å². The van der Waals surface area contributed by atoms with Crippen LogP contribution in [0.1, 0.15) is 10.5 Å². The van der Waals surface area contributed by atoms with Gasteiger partial charge in [0.05, 0.1) is 10.8 Å². The summed E-state index contributed by atoms with van der Waals surface area (Å²) in [4.78, 5) is 13.7. The maximum Gasteiger partial charge on any atom is 0.276 e. The summed E-state index contributed by atoms with van der Waals surface area (Å²) >= 11 is 6.50. The summed E-state index contributed by atoms with van der Waals surface area (Å²) < 4.78 is 2.59. The SMILES string of the molecule is CSCn1nnc(-c2cccs2)c1C(=O)Nc1ccc(Br)cc1. The Kier molecular flexibility index (Phi) is 5.14. The van der Waals surface area contributed by atoms with E-state index < -0.39 is 0 Å². The molecule has 0 atom stereocenters. The molecule has 5 nitrogen and oxygen atoms in total. The van der Waals surface area contributed by atoms with Crippen LogP contribution in [0.3, 0.4) is 0 Å². The number of carbonyl (C=O) groups is 1. The number of halogens is 1. The van der Waals surface area contributed by atoms with Crippen LogP contribution in [0.5, 0.6) is 0 Å². The number of amides is 1. The summed E-state index contributed by atoms with van der Waals surface area (Å²) in [5.74, 6) is 0.358. The fourth-order valence-corrected chi connectivity index (χ4v) is 3.45. The van der Waals surface area contributed by atoms with E-state index in [0.717, 1.165) is 15.0 Å². The molecule has 0 aliphatic rings. The number of carbonyl (C=O) groups excluding carboxylic acids is 1. The van der Waals surface area contributed by atoms with E-state index >= 15 is 0 Å². The Morgan fingerprint density at radius 3 is 2.78 bits per heavy atom. The van der Waals surface area contributed by atoms with Crippen molar-refractivity contribution in [1.29, 1.82) is 0 Å². The smallest absolute Gasteiger partial charge is 0.276 e. The van der Waals surface area contributed by atoms with E-state index in [0.29, 0.717) is 17.3 Å². The van der Waals surface area contributed by atoms with E-state index in [1.54, 1.807) is 16.4 Å². The monoisotopic (exact) mass is 408 g/mol. The van der Waals surface area contributed by atoms with Crippen molar-refractivity contribution in [1.82, 2.24) is 15.0 Å². The highest BCUT2D eigenvalue weighted by atomic mass is 79.9. The van der Waals surface area contributed by atoms with Gasteiger partial charge in [-0.05, 0) is 42.0 Å². The first-order valence-corrected chi connectivity index (χ1v) is 9.79. The zero-order valence-electron chi connectivity index (χ0n) is 12.2. The quantitative estimate of drug-likeness (QED) is 0.681. The van der Waals surface area contributed by atoms with Crippen molar-refractivity contribution in [2.24, 2.45) is 0 Å². The summed E-state index contributed by atoms with van der Waals surface area (Å²) in [6, 6.07) is 11.3. The number of nitrogens with zero attached hydrogens (tertiary/aromatic N) is 3. The van der Waals surface area contributed by atoms with Crippen LogP contribution in [-0.2, 0) is 5.88 Å². The second-order valence-electron chi connectivity index (χ2n) is 4.64. The van der Waals surface area contributed by atoms with Crippen molar-refractivity contribution < 1.29 is 4.79 Å². The average molecular weight is 409 g/mol. The van der Waals surface area contributed by atoms with Gasteiger partial charge < -0.3 is 5.32 Å². The lowest BCUT2D eigenvalue weighted by atomic mass is 10.2. The Morgan fingerprint density at radius 2 is 2.13 bits per heavy atom. The van der Waals surface area contributed by atoms with E-state index in [2.05, 4.69) is 31.6 Å². The third-order valence-electron chi connectivity index (χ3n) is 3.06. The summed E-state index contributed by atoms with van der Waals surface area (Å²) in [6.45, 7) is 0. The molecule has 0 aliphatic heterocycles. The normalized spacial score (nSPS) is 10.7. The number of thioether (sulfide) groups is 1. The predicted molar refractivity (Wildman–Crippen MR) is 98.9 cm³/mol. The van der Waals surface area contributed by atoms with Gasteiger partial charge in [-0.3, -0.25) is 4.79 Å². The lowest BCUT2D eigenvalue weighted by molar-refractivity contribution is 0.101. The molecule has 0 saturated carbocycles. The standard InChI is InChI=1S/C15H13BrN4OS2/c1-22-9-20-14(13(18-19-20)12-3-2-8-23-12)15(21)17-11-6-4-10(16)5-7-11/h2-8H,9H2,1H3,(H,17,21). The van der Waals surface area contributed by atoms with Gasteiger partial charge in [-0.25, -0.2) is 4.68 Å². The third-order valence-corrected chi connectivity index (χ3v) is 4.97. The first-order valence-electron chi connectivity index (χ1n) is 6.72. The molecule has 8 heteroatoms. The number of hydrogen-bond acceptors (Lipinski definition) is 5. The average Bonchev–Trinajstić information content (AvgIpc) is 3.19. The highest BCUT2D eigenvalue weighted by molar-refractivity contribution is 9.10. The van der Waals surface area contributed by atoms with Crippen molar-refractivity contribution in [3.63, 3.8) is 0 Å². The number of nitrogens with one attached hydrogen (secondary N) is 1. The van der Waals surface area contributed by atoms with E-state index in [-0.39, 0.29) is 5.91 Å². The fourth-order valence-electron chi connectivity index (χ4n) is 2.05. The Bertz CT molecular complexity index is 800. The second-order valence-corrected chi connectivity index (χ2v) is 7.34. The highest BCUT2D eigenvalue weighted by Gasteiger charge is 2.22. The molecular weight excluding hydrogens is 396 g/mol. The van der Waals surface area contributed by atoms with Gasteiger partial charge in [-0.1, -0.05) is 27.2 Å². The Morgan fingerprint density at radius 1 is 1.35 bits per heavy atom. The number of aromatic nitrogens is 3. The molecule has 3 aromatic rings. The van der Waals surface area contributed by atoms with Gasteiger partial charge in [0, 0.05) is 10.2 Å². The molecule has 0 bridgehead atoms. The van der Waals surface area contributed by atoms with E-state index in [1.165, 1.54) is 11.3 Å². The molecule has 23 heavy (non-hydrogen) atoms. The van der Waals surface area contributed by atoms with Crippen LogP contribution in [0.4, 0.5) is 5.69 Å². The zero-order valence-corrected chi connectivity index (χ0v) is 15.4. The summed E-state index contributed by atoms with van der Waals surface area (Å²) in [7, 11) is 0. The van der Waals surface area contributed by atoms with Crippen LogP contribution in [0, 0.1) is 0 Å². The molecule has 0 saturated heterocycles. The molecule has 0 fully saturated rings. The van der Waals surface area contributed by atoms with Crippen LogP contribution in [0.2, 0.25) is 0 Å². The maximum absolute atomic E-state index is 12.7. The Balaban J connectivity index is 1.94. The lowest BCUT2D eigenvalue weighted by Gasteiger charge is -2.08. The predicted octanol–water partition coefficient (Wildman–Crippen LogP) is 4.34. The third kappa shape index (κ3) is 3.65. The molecule has 3 rings (SSSR count). The number of benzene rings is 1. The molecule has 0 spiro atoms. The molecule has 118 valence electrons. The largest absolute Gasteiger partial charge is 0.321 e. The molecule has 1 aromatic carbocycles. The number of hydrogen-bond donors (Lipinski definition) is 1. The molecule has 1 amide bonds. The molecule has 0 radical (unpaired) electrons. The first-order chi connectivity index (χ1) is 11.2. The fraction of sp³-hybridized carbons (Fsp3) is 0.133. The van der Waals surface area contributed by atoms with Crippen molar-refractivity contribution >= 4 is 50.6 Å². The molecule has 2 aromatic heterocycles. The first kappa shape index (κ1) is 16.2. The number of thiophene rings is 1. The van der Waals surface area contributed by atoms with Gasteiger partial charge >= 0.3 is 0 Å². The second kappa shape index (κ2) is 7.29. The minimum Gasteiger partial charge on any atom is -0.321 e. The number of rotatable bonds is 5. The van der Waals surface area contributed by atoms with Crippen LogP contribution in [0.25, 0.3) is 10.6 Å². The summed E-state index contributed by atoms with van der Waals surface area (Å²) in [5, 5.41) is 13.2. The van der Waals surface area contributed by atoms with Gasteiger partial charge in [0.1, 0.15) is 5.69 Å². The van der Waals surface area contributed by atoms with E-state index in [4.69, 9.17) is 0 Å². The van der Waals surface area contributed by atoms with Gasteiger partial charge in [-0.15, -0.1) is 28.2 Å². The molecule has 1 N–H and O–H groups in total. The van der Waals surface area contributed by atoms with Crippen molar-refractivity contribution in [3.8, 4) is 10.6 Å². The zero-order chi connectivity index (χ0) is 16.2. The Hall–Kier alpha value is -1.64. The minimum atomic E-state index is -0.213. The van der Waals surface area contributed by atoms with Gasteiger partial charge in [0.25, 0.3) is 5.91 Å². The van der Waals surface area contributed by atoms with E-state index in [1.807, 2.05) is 48.0 Å². The number of anilines is 1. The lowest BCUT2D eigenvalue weighted by Crippen LogP contribution is -2.18. The van der Waals surface area contributed by atoms with Gasteiger partial charge in [-0.2, -0.15) is 0 Å². The minimum absolute atomic E-state index is 0.213. The van der Waals surface area contributed by atoms with Crippen LogP contribution in [-0.4, -0.2) is 27.2 Å². The molecular formula is C15H13BrN4OS2. The highest BCUT2D eigenvalue weighted by Crippen LogP contribution is 2.27. The summed E-state index contributed by atoms with van der Waals surface area (Å²) in [6.07, 6.45) is 1.96. The van der Waals surface area contributed by atoms with Crippen LogP contribution in [0.15, 0.2) is 46.3 Å².